The van der Waals surface area contributed by atoms with Crippen molar-refractivity contribution in [3.8, 4) is 23.0 Å². The molecule has 0 spiro atoms. The van der Waals surface area contributed by atoms with Crippen molar-refractivity contribution in [3.63, 3.8) is 0 Å². The third-order valence-corrected chi connectivity index (χ3v) is 6.17. The highest BCUT2D eigenvalue weighted by atomic mass is 16.7. The van der Waals surface area contributed by atoms with Crippen molar-refractivity contribution in [2.75, 3.05) is 40.1 Å². The molecule has 0 aliphatic carbocycles. The van der Waals surface area contributed by atoms with E-state index < -0.39 is 0 Å². The predicted octanol–water partition coefficient (Wildman–Crippen LogP) is 3.96. The predicted molar refractivity (Wildman–Crippen MR) is 128 cm³/mol. The van der Waals surface area contributed by atoms with Crippen molar-refractivity contribution in [2.45, 2.75) is 13.2 Å². The number of hydrogen-bond donors (Lipinski definition) is 0. The average Bonchev–Trinajstić information content (AvgIpc) is 3.36. The smallest absolute Gasteiger partial charge is 0.253 e. The Bertz CT molecular complexity index is 1120. The number of carbonyl (C=O) groups excluding carboxylic acids is 1. The molecule has 7 heteroatoms. The second-order valence-corrected chi connectivity index (χ2v) is 8.42. The zero-order valence-electron chi connectivity index (χ0n) is 19.2. The number of carbonyl (C=O) groups is 1. The first-order chi connectivity index (χ1) is 16.7. The van der Waals surface area contributed by atoms with E-state index in [9.17, 15) is 4.79 Å². The van der Waals surface area contributed by atoms with Crippen molar-refractivity contribution >= 4 is 5.91 Å². The molecule has 3 aromatic rings. The molecule has 34 heavy (non-hydrogen) atoms. The van der Waals surface area contributed by atoms with E-state index in [0.717, 1.165) is 48.2 Å². The van der Waals surface area contributed by atoms with Gasteiger partial charge in [0.2, 0.25) is 6.79 Å². The first kappa shape index (κ1) is 22.1. The maximum atomic E-state index is 13.0. The Morgan fingerprint density at radius 2 is 1.50 bits per heavy atom. The maximum absolute atomic E-state index is 13.0. The highest BCUT2D eigenvalue weighted by Gasteiger charge is 2.23. The Labute approximate surface area is 199 Å². The number of nitrogens with zero attached hydrogens (tertiary/aromatic N) is 2. The van der Waals surface area contributed by atoms with Crippen LogP contribution in [0.3, 0.4) is 0 Å². The van der Waals surface area contributed by atoms with Crippen LogP contribution in [0.5, 0.6) is 23.0 Å². The third kappa shape index (κ3) is 5.10. The van der Waals surface area contributed by atoms with E-state index in [4.69, 9.17) is 18.9 Å². The zero-order valence-corrected chi connectivity index (χ0v) is 19.2. The van der Waals surface area contributed by atoms with Gasteiger partial charge in [-0.25, -0.2) is 0 Å². The van der Waals surface area contributed by atoms with E-state index in [1.54, 1.807) is 7.11 Å². The summed E-state index contributed by atoms with van der Waals surface area (Å²) in [5, 5.41) is 0. The lowest BCUT2D eigenvalue weighted by Crippen LogP contribution is -2.48. The number of piperazine rings is 1. The molecule has 1 fully saturated rings. The van der Waals surface area contributed by atoms with Crippen LogP contribution in [-0.4, -0.2) is 55.8 Å². The summed E-state index contributed by atoms with van der Waals surface area (Å²) >= 11 is 0. The molecule has 2 aliphatic heterocycles. The fraction of sp³-hybridized carbons (Fsp3) is 0.296. The van der Waals surface area contributed by atoms with Gasteiger partial charge in [-0.2, -0.15) is 0 Å². The molecule has 0 bridgehead atoms. The number of methoxy groups -OCH3 is 1. The average molecular weight is 461 g/mol. The quantitative estimate of drug-likeness (QED) is 0.532. The topological polar surface area (TPSA) is 60.5 Å². The van der Waals surface area contributed by atoms with Gasteiger partial charge in [0.15, 0.2) is 11.5 Å². The Morgan fingerprint density at radius 3 is 2.24 bits per heavy atom. The van der Waals surface area contributed by atoms with Crippen LogP contribution in [-0.2, 0) is 13.2 Å². The molecule has 0 aromatic heterocycles. The SMILES string of the molecule is COc1ccc(OCc2ccc(C(=O)N3CCN(Cc4ccc5c(c4)OCO5)CC3)cc2)cc1. The summed E-state index contributed by atoms with van der Waals surface area (Å²) in [5.74, 6) is 3.26. The number of hydrogen-bond acceptors (Lipinski definition) is 6. The molecule has 1 saturated heterocycles. The van der Waals surface area contributed by atoms with Gasteiger partial charge in [-0.1, -0.05) is 18.2 Å². The van der Waals surface area contributed by atoms with Gasteiger partial charge < -0.3 is 23.8 Å². The lowest BCUT2D eigenvalue weighted by atomic mass is 10.1. The molecule has 2 heterocycles. The monoisotopic (exact) mass is 460 g/mol. The lowest BCUT2D eigenvalue weighted by molar-refractivity contribution is 0.0628. The molecule has 7 nitrogen and oxygen atoms in total. The minimum atomic E-state index is 0.0744. The van der Waals surface area contributed by atoms with E-state index in [1.807, 2.05) is 65.6 Å². The number of fused-ring (bicyclic) bond motifs is 1. The highest BCUT2D eigenvalue weighted by molar-refractivity contribution is 5.94. The van der Waals surface area contributed by atoms with Gasteiger partial charge >= 0.3 is 0 Å². The molecule has 0 saturated carbocycles. The van der Waals surface area contributed by atoms with Crippen LogP contribution < -0.4 is 18.9 Å². The van der Waals surface area contributed by atoms with Gasteiger partial charge in [-0.3, -0.25) is 9.69 Å². The highest BCUT2D eigenvalue weighted by Crippen LogP contribution is 2.33. The Morgan fingerprint density at radius 1 is 0.824 bits per heavy atom. The van der Waals surface area contributed by atoms with Crippen LogP contribution in [0.2, 0.25) is 0 Å². The van der Waals surface area contributed by atoms with Gasteiger partial charge in [0.05, 0.1) is 7.11 Å². The van der Waals surface area contributed by atoms with E-state index >= 15 is 0 Å². The normalized spacial score (nSPS) is 15.3. The van der Waals surface area contributed by atoms with E-state index in [0.29, 0.717) is 25.3 Å². The summed E-state index contributed by atoms with van der Waals surface area (Å²) in [6.45, 7) is 4.68. The molecule has 0 N–H and O–H groups in total. The van der Waals surface area contributed by atoms with Crippen LogP contribution in [0.4, 0.5) is 0 Å². The lowest BCUT2D eigenvalue weighted by Gasteiger charge is -2.34. The van der Waals surface area contributed by atoms with E-state index in [1.165, 1.54) is 5.56 Å². The minimum absolute atomic E-state index is 0.0744. The summed E-state index contributed by atoms with van der Waals surface area (Å²) in [6.07, 6.45) is 0. The number of ether oxygens (including phenoxy) is 4. The van der Waals surface area contributed by atoms with Gasteiger partial charge in [0, 0.05) is 38.3 Å². The molecule has 2 aliphatic rings. The van der Waals surface area contributed by atoms with Crippen molar-refractivity contribution < 1.29 is 23.7 Å². The molecule has 1 amide bonds. The van der Waals surface area contributed by atoms with Crippen molar-refractivity contribution in [2.24, 2.45) is 0 Å². The number of rotatable bonds is 7. The van der Waals surface area contributed by atoms with Crippen LogP contribution in [0.1, 0.15) is 21.5 Å². The molecule has 3 aromatic carbocycles. The summed E-state index contributed by atoms with van der Waals surface area (Å²) in [7, 11) is 1.64. The number of amides is 1. The summed E-state index contributed by atoms with van der Waals surface area (Å²) in [4.78, 5) is 17.3. The second kappa shape index (κ2) is 10.1. The summed E-state index contributed by atoms with van der Waals surface area (Å²) < 4.78 is 21.8. The molecular weight excluding hydrogens is 432 g/mol. The van der Waals surface area contributed by atoms with Crippen LogP contribution in [0, 0.1) is 0 Å². The first-order valence-electron chi connectivity index (χ1n) is 11.4. The fourth-order valence-electron chi connectivity index (χ4n) is 4.17. The summed E-state index contributed by atoms with van der Waals surface area (Å²) in [5.41, 5.74) is 2.91. The van der Waals surface area contributed by atoms with Gasteiger partial charge in [0.1, 0.15) is 18.1 Å². The molecule has 0 atom stereocenters. The Balaban J connectivity index is 1.10. The number of benzene rings is 3. The minimum Gasteiger partial charge on any atom is -0.497 e. The zero-order chi connectivity index (χ0) is 23.3. The van der Waals surface area contributed by atoms with Crippen LogP contribution >= 0.6 is 0 Å². The van der Waals surface area contributed by atoms with E-state index in [2.05, 4.69) is 11.0 Å². The van der Waals surface area contributed by atoms with Crippen molar-refractivity contribution in [3.05, 3.63) is 83.4 Å². The molecule has 5 rings (SSSR count). The Hall–Kier alpha value is -3.71. The largest absolute Gasteiger partial charge is 0.497 e. The maximum Gasteiger partial charge on any atom is 0.253 e. The van der Waals surface area contributed by atoms with E-state index in [-0.39, 0.29) is 12.7 Å². The summed E-state index contributed by atoms with van der Waals surface area (Å²) in [6, 6.07) is 21.2. The Kier molecular flexibility index (Phi) is 6.53. The standard InChI is InChI=1S/C27H28N2O5/c1-31-23-7-9-24(10-8-23)32-18-20-2-5-22(6-3-20)27(30)29-14-12-28(13-15-29)17-21-4-11-25-26(16-21)34-19-33-25/h2-11,16H,12-15,17-19H2,1H3. The van der Waals surface area contributed by atoms with Gasteiger partial charge in [0.25, 0.3) is 5.91 Å². The van der Waals surface area contributed by atoms with Crippen LogP contribution in [0.25, 0.3) is 0 Å². The first-order valence-corrected chi connectivity index (χ1v) is 11.4. The fourth-order valence-corrected chi connectivity index (χ4v) is 4.17. The second-order valence-electron chi connectivity index (χ2n) is 8.42. The molecule has 176 valence electrons. The van der Waals surface area contributed by atoms with Crippen molar-refractivity contribution in [1.82, 2.24) is 9.80 Å². The van der Waals surface area contributed by atoms with Gasteiger partial charge in [-0.15, -0.1) is 0 Å². The molecule has 0 unspecified atom stereocenters. The van der Waals surface area contributed by atoms with Crippen LogP contribution in [0.15, 0.2) is 66.7 Å². The third-order valence-electron chi connectivity index (χ3n) is 6.17. The molecule has 0 radical (unpaired) electrons. The molecular formula is C27H28N2O5. The van der Waals surface area contributed by atoms with Crippen molar-refractivity contribution in [1.29, 1.82) is 0 Å². The van der Waals surface area contributed by atoms with Gasteiger partial charge in [-0.05, 0) is 59.7 Å².